The summed E-state index contributed by atoms with van der Waals surface area (Å²) in [5, 5.41) is 17.9. The number of benzene rings is 2. The second-order valence-electron chi connectivity index (χ2n) is 7.17. The quantitative estimate of drug-likeness (QED) is 0.325. The highest BCUT2D eigenvalue weighted by Crippen LogP contribution is 2.31. The van der Waals surface area contributed by atoms with Crippen molar-refractivity contribution >= 4 is 54.1 Å². The first-order chi connectivity index (χ1) is 15.6. The molecule has 0 aliphatic heterocycles. The van der Waals surface area contributed by atoms with Gasteiger partial charge in [0.1, 0.15) is 5.56 Å². The van der Waals surface area contributed by atoms with Gasteiger partial charge in [-0.3, -0.25) is 29.2 Å². The van der Waals surface area contributed by atoms with Gasteiger partial charge in [-0.2, -0.15) is 5.10 Å². The second-order valence-corrected chi connectivity index (χ2v) is 10.2. The number of carbonyl (C=O) groups is 1. The Labute approximate surface area is 192 Å². The molecule has 4 aromatic rings. The number of aromatic nitrogens is 3. The van der Waals surface area contributed by atoms with Gasteiger partial charge in [0.15, 0.2) is 10.9 Å². The van der Waals surface area contributed by atoms with Crippen LogP contribution in [0.5, 0.6) is 0 Å². The summed E-state index contributed by atoms with van der Waals surface area (Å²) in [4.78, 5) is 27.8. The molecule has 0 saturated heterocycles. The number of non-ortho nitro benzene ring substituents is 1. The molecule has 0 aliphatic rings. The molecule has 0 atom stereocenters. The molecule has 170 valence electrons. The number of aryl methyl sites for hydroxylation is 2. The highest BCUT2D eigenvalue weighted by Gasteiger charge is 2.29. The molecule has 0 bridgehead atoms. The van der Waals surface area contributed by atoms with E-state index in [0.29, 0.717) is 10.2 Å². The predicted molar refractivity (Wildman–Crippen MR) is 124 cm³/mol. The molecule has 0 radical (unpaired) electrons. The summed E-state index contributed by atoms with van der Waals surface area (Å²) in [5.41, 5.74) is 1.35. The lowest BCUT2D eigenvalue weighted by Gasteiger charge is -2.20. The number of nitro groups is 1. The van der Waals surface area contributed by atoms with Crippen molar-refractivity contribution in [1.29, 1.82) is 0 Å². The van der Waals surface area contributed by atoms with Crippen LogP contribution < -0.4 is 9.62 Å². The summed E-state index contributed by atoms with van der Waals surface area (Å²) in [6.45, 7) is 1.85. The lowest BCUT2D eigenvalue weighted by molar-refractivity contribution is -0.384. The maximum Gasteiger partial charge on any atom is 0.270 e. The molecule has 13 heteroatoms. The molecule has 0 saturated carbocycles. The van der Waals surface area contributed by atoms with Crippen molar-refractivity contribution < 1.29 is 18.1 Å². The van der Waals surface area contributed by atoms with Gasteiger partial charge in [0.05, 0.1) is 26.2 Å². The average molecular weight is 487 g/mol. The lowest BCUT2D eigenvalue weighted by Crippen LogP contribution is -2.30. The van der Waals surface area contributed by atoms with Gasteiger partial charge in [0.25, 0.3) is 21.6 Å². The van der Waals surface area contributed by atoms with Crippen LogP contribution in [-0.4, -0.2) is 41.1 Å². The number of nitrogens with zero attached hydrogens (tertiary/aromatic N) is 5. The summed E-state index contributed by atoms with van der Waals surface area (Å²) >= 11 is 1.07. The van der Waals surface area contributed by atoms with E-state index in [2.05, 4.69) is 15.4 Å². The number of amides is 1. The van der Waals surface area contributed by atoms with Gasteiger partial charge in [0.2, 0.25) is 0 Å². The van der Waals surface area contributed by atoms with E-state index >= 15 is 0 Å². The third kappa shape index (κ3) is 4.15. The van der Waals surface area contributed by atoms with E-state index in [9.17, 15) is 23.3 Å². The molecule has 2 heterocycles. The standard InChI is InChI=1S/C20H18N6O5S2/c1-12-4-7-14(8-5-12)33(30,31)25(3)19-15(11-21-24(19)2)18(27)23-20-22-16-9-6-13(26(28)29)10-17(16)32-20/h4-11H,1-3H3,(H,22,23,27). The van der Waals surface area contributed by atoms with E-state index in [-0.39, 0.29) is 27.1 Å². The van der Waals surface area contributed by atoms with Crippen LogP contribution in [0.4, 0.5) is 16.6 Å². The SMILES string of the molecule is Cc1ccc(S(=O)(=O)N(C)c2c(C(=O)Nc3nc4ccc([N+](=O)[O-])cc4s3)cnn2C)cc1. The van der Waals surface area contributed by atoms with Gasteiger partial charge < -0.3 is 0 Å². The van der Waals surface area contributed by atoms with Crippen LogP contribution in [0.25, 0.3) is 10.2 Å². The Hall–Kier alpha value is -3.84. The minimum Gasteiger partial charge on any atom is -0.298 e. The number of hydrogen-bond donors (Lipinski definition) is 1. The van der Waals surface area contributed by atoms with Crippen molar-refractivity contribution in [2.75, 3.05) is 16.7 Å². The van der Waals surface area contributed by atoms with Gasteiger partial charge in [0, 0.05) is 26.2 Å². The molecule has 11 nitrogen and oxygen atoms in total. The number of carbonyl (C=O) groups excluding carboxylic acids is 1. The predicted octanol–water partition coefficient (Wildman–Crippen LogP) is 3.32. The monoisotopic (exact) mass is 486 g/mol. The van der Waals surface area contributed by atoms with Gasteiger partial charge in [-0.15, -0.1) is 0 Å². The Kier molecular flexibility index (Phi) is 5.59. The average Bonchev–Trinajstić information content (AvgIpc) is 3.35. The molecule has 1 amide bonds. The molecule has 1 N–H and O–H groups in total. The Morgan fingerprint density at radius 2 is 1.91 bits per heavy atom. The molecular weight excluding hydrogens is 468 g/mol. The van der Waals surface area contributed by atoms with Gasteiger partial charge in [-0.25, -0.2) is 13.4 Å². The van der Waals surface area contributed by atoms with E-state index < -0.39 is 20.9 Å². The van der Waals surface area contributed by atoms with Crippen molar-refractivity contribution in [3.8, 4) is 0 Å². The van der Waals surface area contributed by atoms with Crippen molar-refractivity contribution in [1.82, 2.24) is 14.8 Å². The maximum atomic E-state index is 13.1. The minimum absolute atomic E-state index is 0.0286. The first-order valence-electron chi connectivity index (χ1n) is 9.52. The number of anilines is 2. The molecule has 0 unspecified atom stereocenters. The first-order valence-corrected chi connectivity index (χ1v) is 11.8. The van der Waals surface area contributed by atoms with E-state index in [1.165, 1.54) is 55.3 Å². The highest BCUT2D eigenvalue weighted by atomic mass is 32.2. The summed E-state index contributed by atoms with van der Waals surface area (Å²) in [5.74, 6) is -0.539. The lowest BCUT2D eigenvalue weighted by atomic mass is 10.2. The number of hydrogen-bond acceptors (Lipinski definition) is 8. The number of nitrogens with one attached hydrogen (secondary N) is 1. The zero-order chi connectivity index (χ0) is 23.9. The van der Waals surface area contributed by atoms with Crippen LogP contribution in [0.2, 0.25) is 0 Å². The van der Waals surface area contributed by atoms with Crippen LogP contribution in [0.3, 0.4) is 0 Å². The van der Waals surface area contributed by atoms with Crippen LogP contribution in [0, 0.1) is 17.0 Å². The summed E-state index contributed by atoms with van der Waals surface area (Å²) in [7, 11) is -1.07. The molecule has 33 heavy (non-hydrogen) atoms. The topological polar surface area (TPSA) is 140 Å². The Balaban J connectivity index is 1.64. The molecular formula is C20H18N6O5S2. The van der Waals surface area contributed by atoms with E-state index in [1.807, 2.05) is 6.92 Å². The number of nitro benzene ring substituents is 1. The third-order valence-electron chi connectivity index (χ3n) is 4.93. The van der Waals surface area contributed by atoms with Crippen molar-refractivity contribution in [2.45, 2.75) is 11.8 Å². The van der Waals surface area contributed by atoms with Crippen LogP contribution in [-0.2, 0) is 17.1 Å². The van der Waals surface area contributed by atoms with Gasteiger partial charge >= 0.3 is 0 Å². The molecule has 0 fully saturated rings. The van der Waals surface area contributed by atoms with Crippen LogP contribution in [0.1, 0.15) is 15.9 Å². The molecule has 0 aliphatic carbocycles. The largest absolute Gasteiger partial charge is 0.298 e. The molecule has 4 rings (SSSR count). The fourth-order valence-corrected chi connectivity index (χ4v) is 5.33. The van der Waals surface area contributed by atoms with Crippen molar-refractivity contribution in [3.05, 3.63) is 69.9 Å². The number of rotatable bonds is 6. The first kappa shape index (κ1) is 22.4. The number of thiazole rings is 1. The molecule has 0 spiro atoms. The zero-order valence-corrected chi connectivity index (χ0v) is 19.3. The molecule has 2 aromatic heterocycles. The van der Waals surface area contributed by atoms with Crippen molar-refractivity contribution in [2.24, 2.45) is 7.05 Å². The van der Waals surface area contributed by atoms with Crippen LogP contribution in [0.15, 0.2) is 53.6 Å². The van der Waals surface area contributed by atoms with Crippen LogP contribution >= 0.6 is 11.3 Å². The highest BCUT2D eigenvalue weighted by molar-refractivity contribution is 7.92. The number of fused-ring (bicyclic) bond motifs is 1. The van der Waals surface area contributed by atoms with E-state index in [4.69, 9.17) is 0 Å². The third-order valence-corrected chi connectivity index (χ3v) is 7.63. The van der Waals surface area contributed by atoms with Crippen molar-refractivity contribution in [3.63, 3.8) is 0 Å². The smallest absolute Gasteiger partial charge is 0.270 e. The Morgan fingerprint density at radius 1 is 1.21 bits per heavy atom. The normalized spacial score (nSPS) is 11.5. The molecule has 2 aromatic carbocycles. The zero-order valence-electron chi connectivity index (χ0n) is 17.7. The van der Waals surface area contributed by atoms with E-state index in [1.54, 1.807) is 12.1 Å². The fourth-order valence-electron chi connectivity index (χ4n) is 3.19. The fraction of sp³-hybridized carbons (Fsp3) is 0.150. The summed E-state index contributed by atoms with van der Waals surface area (Å²) in [6.07, 6.45) is 1.27. The van der Waals surface area contributed by atoms with E-state index in [0.717, 1.165) is 21.2 Å². The minimum atomic E-state index is -3.95. The Bertz CT molecular complexity index is 1490. The van der Waals surface area contributed by atoms with Gasteiger partial charge in [-0.1, -0.05) is 29.0 Å². The van der Waals surface area contributed by atoms with Gasteiger partial charge in [-0.05, 0) is 25.1 Å². The maximum absolute atomic E-state index is 13.1. The number of sulfonamides is 1. The Morgan fingerprint density at radius 3 is 2.58 bits per heavy atom. The summed E-state index contributed by atoms with van der Waals surface area (Å²) in [6, 6.07) is 10.6. The second kappa shape index (κ2) is 8.26. The summed E-state index contributed by atoms with van der Waals surface area (Å²) < 4.78 is 29.1.